The van der Waals surface area contributed by atoms with Crippen LogP contribution in [0.5, 0.6) is 0 Å². The standard InChI is InChI=1S/C22H30O2/c1-4-17-10-14(3)11-18(5-2)21(17)22-19(23)12-15-6-7-16(9-8-15)13-20(22)24/h10-11,15-16,23H,4-9,12-13H2,1-3H3/b22-19-. The zero-order valence-corrected chi connectivity index (χ0v) is 15.3. The van der Waals surface area contributed by atoms with Crippen LogP contribution in [-0.2, 0) is 17.6 Å². The van der Waals surface area contributed by atoms with Gasteiger partial charge in [0.15, 0.2) is 5.78 Å². The Kier molecular flexibility index (Phi) is 5.12. The van der Waals surface area contributed by atoms with Gasteiger partial charge in [-0.05, 0) is 74.0 Å². The molecule has 0 spiro atoms. The number of fused-ring (bicyclic) bond motifs is 5. The molecule has 1 N–H and O–H groups in total. The molecule has 2 bridgehead atoms. The Balaban J connectivity index is 2.16. The molecule has 3 aliphatic carbocycles. The Morgan fingerprint density at radius 2 is 1.46 bits per heavy atom. The van der Waals surface area contributed by atoms with Gasteiger partial charge in [-0.3, -0.25) is 4.79 Å². The third-order valence-corrected chi connectivity index (χ3v) is 5.95. The lowest BCUT2D eigenvalue weighted by Crippen LogP contribution is -2.16. The second-order valence-electron chi connectivity index (χ2n) is 7.71. The van der Waals surface area contributed by atoms with Crippen molar-refractivity contribution in [2.45, 2.75) is 72.1 Å². The number of aliphatic hydroxyl groups is 1. The van der Waals surface area contributed by atoms with Crippen molar-refractivity contribution in [3.05, 3.63) is 40.1 Å². The molecule has 0 aliphatic heterocycles. The fourth-order valence-corrected chi connectivity index (χ4v) is 4.64. The molecule has 0 heterocycles. The summed E-state index contributed by atoms with van der Waals surface area (Å²) in [4.78, 5) is 13.1. The number of hydrogen-bond acceptors (Lipinski definition) is 2. The SMILES string of the molecule is CCc1cc(C)cc(CC)c1/C1=C(\O)CC2CCC(CC2)CC1=O. The van der Waals surface area contributed by atoms with Crippen molar-refractivity contribution in [2.24, 2.45) is 11.8 Å². The highest BCUT2D eigenvalue weighted by Gasteiger charge is 2.31. The quantitative estimate of drug-likeness (QED) is 0.789. The molecule has 0 unspecified atom stereocenters. The molecule has 24 heavy (non-hydrogen) atoms. The van der Waals surface area contributed by atoms with E-state index in [0.717, 1.165) is 44.1 Å². The number of aryl methyl sites for hydroxylation is 3. The summed E-state index contributed by atoms with van der Waals surface area (Å²) < 4.78 is 0. The molecule has 0 saturated heterocycles. The van der Waals surface area contributed by atoms with Gasteiger partial charge in [-0.15, -0.1) is 0 Å². The Labute approximate surface area is 146 Å². The van der Waals surface area contributed by atoms with Gasteiger partial charge in [0.2, 0.25) is 0 Å². The molecule has 1 fully saturated rings. The van der Waals surface area contributed by atoms with Gasteiger partial charge in [-0.1, -0.05) is 31.5 Å². The summed E-state index contributed by atoms with van der Waals surface area (Å²) in [5, 5.41) is 10.9. The van der Waals surface area contributed by atoms with E-state index in [4.69, 9.17) is 0 Å². The second kappa shape index (κ2) is 7.13. The van der Waals surface area contributed by atoms with Gasteiger partial charge in [0, 0.05) is 12.8 Å². The maximum absolute atomic E-state index is 13.1. The topological polar surface area (TPSA) is 37.3 Å². The van der Waals surface area contributed by atoms with Gasteiger partial charge in [-0.25, -0.2) is 0 Å². The van der Waals surface area contributed by atoms with Crippen molar-refractivity contribution in [3.63, 3.8) is 0 Å². The van der Waals surface area contributed by atoms with E-state index >= 15 is 0 Å². The number of allylic oxidation sites excluding steroid dienone is 2. The van der Waals surface area contributed by atoms with Crippen LogP contribution < -0.4 is 0 Å². The Hall–Kier alpha value is -1.57. The summed E-state index contributed by atoms with van der Waals surface area (Å²) in [6.45, 7) is 6.39. The van der Waals surface area contributed by atoms with Crippen molar-refractivity contribution < 1.29 is 9.90 Å². The van der Waals surface area contributed by atoms with Crippen molar-refractivity contribution in [1.82, 2.24) is 0 Å². The first-order chi connectivity index (χ1) is 11.5. The van der Waals surface area contributed by atoms with Crippen LogP contribution in [0.15, 0.2) is 17.9 Å². The minimum absolute atomic E-state index is 0.160. The van der Waals surface area contributed by atoms with E-state index in [1.165, 1.54) is 16.7 Å². The third kappa shape index (κ3) is 3.29. The molecule has 2 nitrogen and oxygen atoms in total. The van der Waals surface area contributed by atoms with Crippen LogP contribution >= 0.6 is 0 Å². The highest BCUT2D eigenvalue weighted by Crippen LogP contribution is 2.40. The number of carbonyl (C=O) groups is 1. The molecule has 1 aromatic carbocycles. The molecule has 1 aromatic rings. The van der Waals surface area contributed by atoms with Crippen LogP contribution in [0.2, 0.25) is 0 Å². The lowest BCUT2D eigenvalue weighted by Gasteiger charge is -2.26. The number of carbonyl (C=O) groups excluding carboxylic acids is 1. The normalized spacial score (nSPS) is 27.7. The largest absolute Gasteiger partial charge is 0.512 e. The first-order valence-corrected chi connectivity index (χ1v) is 9.61. The van der Waals surface area contributed by atoms with Gasteiger partial charge >= 0.3 is 0 Å². The zero-order valence-electron chi connectivity index (χ0n) is 15.3. The number of ketones is 1. The lowest BCUT2D eigenvalue weighted by atomic mass is 9.79. The summed E-state index contributed by atoms with van der Waals surface area (Å²) in [6, 6.07) is 4.37. The van der Waals surface area contributed by atoms with Crippen molar-refractivity contribution in [1.29, 1.82) is 0 Å². The van der Waals surface area contributed by atoms with Gasteiger partial charge in [0.1, 0.15) is 5.76 Å². The third-order valence-electron chi connectivity index (χ3n) is 5.95. The van der Waals surface area contributed by atoms with Gasteiger partial charge in [0.05, 0.1) is 5.57 Å². The average Bonchev–Trinajstić information content (AvgIpc) is 2.65. The van der Waals surface area contributed by atoms with Crippen molar-refractivity contribution in [2.75, 3.05) is 0 Å². The van der Waals surface area contributed by atoms with Gasteiger partial charge in [0.25, 0.3) is 0 Å². The van der Waals surface area contributed by atoms with E-state index in [-0.39, 0.29) is 5.78 Å². The molecule has 0 aromatic heterocycles. The molecule has 1 saturated carbocycles. The Bertz CT molecular complexity index is 636. The molecule has 3 aliphatic rings. The molecular formula is C22H30O2. The summed E-state index contributed by atoms with van der Waals surface area (Å²) in [6.07, 6.45) is 7.66. The van der Waals surface area contributed by atoms with Gasteiger partial charge in [-0.2, -0.15) is 0 Å². The predicted octanol–water partition coefficient (Wildman–Crippen LogP) is 5.56. The van der Waals surface area contributed by atoms with Crippen molar-refractivity contribution >= 4 is 11.4 Å². The highest BCUT2D eigenvalue weighted by atomic mass is 16.3. The molecule has 130 valence electrons. The van der Waals surface area contributed by atoms with Crippen LogP contribution in [0.3, 0.4) is 0 Å². The molecule has 0 atom stereocenters. The first-order valence-electron chi connectivity index (χ1n) is 9.61. The van der Waals surface area contributed by atoms with Crippen LogP contribution in [0.4, 0.5) is 0 Å². The van der Waals surface area contributed by atoms with E-state index in [1.54, 1.807) is 0 Å². The molecule has 4 rings (SSSR count). The first kappa shape index (κ1) is 17.3. The number of rotatable bonds is 3. The molecule has 2 heteroatoms. The fourth-order valence-electron chi connectivity index (χ4n) is 4.64. The number of aliphatic hydroxyl groups excluding tert-OH is 1. The Morgan fingerprint density at radius 3 is 1.96 bits per heavy atom. The van der Waals surface area contributed by atoms with E-state index in [2.05, 4.69) is 32.9 Å². The maximum atomic E-state index is 13.1. The van der Waals surface area contributed by atoms with E-state index in [9.17, 15) is 9.90 Å². The smallest absolute Gasteiger partial charge is 0.167 e. The van der Waals surface area contributed by atoms with Crippen LogP contribution in [0.1, 0.15) is 74.6 Å². The fraction of sp³-hybridized carbons (Fsp3) is 0.591. The van der Waals surface area contributed by atoms with E-state index < -0.39 is 0 Å². The number of benzene rings is 1. The van der Waals surface area contributed by atoms with E-state index in [0.29, 0.717) is 36.0 Å². The highest BCUT2D eigenvalue weighted by molar-refractivity contribution is 6.22. The van der Waals surface area contributed by atoms with Crippen LogP contribution in [0, 0.1) is 18.8 Å². The number of hydrogen-bond donors (Lipinski definition) is 1. The number of Topliss-reactive ketones (excluding diaryl/α,β-unsaturated/α-hetero) is 1. The summed E-state index contributed by atoms with van der Waals surface area (Å²) in [5.41, 5.74) is 5.32. The predicted molar refractivity (Wildman–Crippen MR) is 99.2 cm³/mol. The minimum Gasteiger partial charge on any atom is -0.512 e. The Morgan fingerprint density at radius 1 is 0.958 bits per heavy atom. The van der Waals surface area contributed by atoms with Crippen LogP contribution in [-0.4, -0.2) is 10.9 Å². The molecule has 0 amide bonds. The van der Waals surface area contributed by atoms with Crippen LogP contribution in [0.25, 0.3) is 5.57 Å². The summed E-state index contributed by atoms with van der Waals surface area (Å²) in [7, 11) is 0. The maximum Gasteiger partial charge on any atom is 0.167 e. The van der Waals surface area contributed by atoms with E-state index in [1.807, 2.05) is 0 Å². The van der Waals surface area contributed by atoms with Gasteiger partial charge < -0.3 is 5.11 Å². The van der Waals surface area contributed by atoms with Crippen molar-refractivity contribution in [3.8, 4) is 0 Å². The minimum atomic E-state index is 0.160. The summed E-state index contributed by atoms with van der Waals surface area (Å²) >= 11 is 0. The molecule has 0 radical (unpaired) electrons. The summed E-state index contributed by atoms with van der Waals surface area (Å²) in [5.74, 6) is 1.56. The molecular weight excluding hydrogens is 296 g/mol. The second-order valence-corrected chi connectivity index (χ2v) is 7.71. The monoisotopic (exact) mass is 326 g/mol. The average molecular weight is 326 g/mol. The lowest BCUT2D eigenvalue weighted by molar-refractivity contribution is -0.114. The zero-order chi connectivity index (χ0) is 17.3.